The van der Waals surface area contributed by atoms with Crippen molar-refractivity contribution in [3.05, 3.63) is 51.0 Å². The number of nitrogens with zero attached hydrogens (tertiary/aromatic N) is 1. The molecule has 0 saturated carbocycles. The number of thiophene rings is 1. The molecule has 96 valence electrons. The number of hydrogen-bond acceptors (Lipinski definition) is 3. The number of nitrogens with one attached hydrogen (secondary N) is 1. The van der Waals surface area contributed by atoms with Crippen LogP contribution in [0, 0.1) is 31.0 Å². The van der Waals surface area contributed by atoms with Crippen molar-refractivity contribution in [3.8, 4) is 6.07 Å². The van der Waals surface area contributed by atoms with Gasteiger partial charge in [-0.25, -0.2) is 4.39 Å². The molecule has 0 bridgehead atoms. The van der Waals surface area contributed by atoms with E-state index in [1.54, 1.807) is 6.07 Å². The lowest BCUT2D eigenvalue weighted by atomic mass is 10.2. The summed E-state index contributed by atoms with van der Waals surface area (Å²) in [7, 11) is 0. The molecule has 1 aromatic heterocycles. The van der Waals surface area contributed by atoms with Crippen LogP contribution in [0.2, 0.25) is 0 Å². The predicted octanol–water partition coefficient (Wildman–Crippen LogP) is 3.63. The first-order chi connectivity index (χ1) is 9.01. The third kappa shape index (κ3) is 2.80. The fraction of sp³-hybridized carbons (Fsp3) is 0.143. The Hall–Kier alpha value is -2.19. The maximum absolute atomic E-state index is 13.2. The van der Waals surface area contributed by atoms with E-state index >= 15 is 0 Å². The topological polar surface area (TPSA) is 52.9 Å². The maximum atomic E-state index is 13.2. The number of aryl methyl sites for hydroxylation is 2. The van der Waals surface area contributed by atoms with Crippen LogP contribution in [0.4, 0.5) is 10.1 Å². The highest BCUT2D eigenvalue weighted by Crippen LogP contribution is 2.22. The van der Waals surface area contributed by atoms with E-state index in [1.165, 1.54) is 29.5 Å². The Bertz CT molecular complexity index is 666. The van der Waals surface area contributed by atoms with E-state index in [-0.39, 0.29) is 11.5 Å². The number of amides is 1. The van der Waals surface area contributed by atoms with E-state index in [1.807, 2.05) is 19.9 Å². The van der Waals surface area contributed by atoms with Crippen LogP contribution in [-0.2, 0) is 0 Å². The van der Waals surface area contributed by atoms with E-state index in [0.29, 0.717) is 10.6 Å². The monoisotopic (exact) mass is 274 g/mol. The van der Waals surface area contributed by atoms with Gasteiger partial charge in [0, 0.05) is 10.6 Å². The molecule has 5 heteroatoms. The number of carbonyl (C=O) groups is 1. The van der Waals surface area contributed by atoms with Crippen molar-refractivity contribution >= 4 is 22.9 Å². The third-order valence-electron chi connectivity index (χ3n) is 2.73. The van der Waals surface area contributed by atoms with Gasteiger partial charge in [0.2, 0.25) is 0 Å². The van der Waals surface area contributed by atoms with Gasteiger partial charge in [-0.15, -0.1) is 11.3 Å². The minimum Gasteiger partial charge on any atom is -0.321 e. The van der Waals surface area contributed by atoms with Crippen LogP contribution in [0.5, 0.6) is 0 Å². The van der Waals surface area contributed by atoms with Gasteiger partial charge in [-0.05, 0) is 43.7 Å². The van der Waals surface area contributed by atoms with E-state index < -0.39 is 5.82 Å². The van der Waals surface area contributed by atoms with Gasteiger partial charge in [0.1, 0.15) is 11.9 Å². The number of nitriles is 1. The molecule has 0 radical (unpaired) electrons. The minimum atomic E-state index is -0.594. The molecule has 0 atom stereocenters. The standard InChI is InChI=1S/C14H11FN2OS/c1-8-5-13(19-9(8)2)14(18)17-11-3-4-12(15)10(6-11)7-16/h3-6H,1-2H3,(H,17,18). The highest BCUT2D eigenvalue weighted by atomic mass is 32.1. The lowest BCUT2D eigenvalue weighted by Gasteiger charge is -2.04. The molecule has 0 fully saturated rings. The summed E-state index contributed by atoms with van der Waals surface area (Å²) < 4.78 is 13.2. The molecule has 0 aliphatic rings. The van der Waals surface area contributed by atoms with Crippen molar-refractivity contribution < 1.29 is 9.18 Å². The van der Waals surface area contributed by atoms with Crippen molar-refractivity contribution in [1.82, 2.24) is 0 Å². The molecule has 1 aromatic carbocycles. The molecule has 0 unspecified atom stereocenters. The second-order valence-electron chi connectivity index (χ2n) is 4.11. The Labute approximate surface area is 114 Å². The number of anilines is 1. The molecule has 0 saturated heterocycles. The fourth-order valence-corrected chi connectivity index (χ4v) is 2.50. The summed E-state index contributed by atoms with van der Waals surface area (Å²) in [6, 6.07) is 7.47. The van der Waals surface area contributed by atoms with Crippen LogP contribution >= 0.6 is 11.3 Å². The van der Waals surface area contributed by atoms with Crippen molar-refractivity contribution in [3.63, 3.8) is 0 Å². The summed E-state index contributed by atoms with van der Waals surface area (Å²) in [5, 5.41) is 11.4. The molecule has 0 aliphatic carbocycles. The molecule has 1 N–H and O–H groups in total. The maximum Gasteiger partial charge on any atom is 0.265 e. The highest BCUT2D eigenvalue weighted by Gasteiger charge is 2.11. The van der Waals surface area contributed by atoms with E-state index in [0.717, 1.165) is 10.4 Å². The molecular formula is C14H11FN2OS. The molecule has 0 aliphatic heterocycles. The molecule has 1 amide bonds. The third-order valence-corrected chi connectivity index (χ3v) is 3.89. The average Bonchev–Trinajstić information content (AvgIpc) is 2.72. The largest absolute Gasteiger partial charge is 0.321 e. The first-order valence-electron chi connectivity index (χ1n) is 5.59. The molecule has 0 spiro atoms. The molecule has 1 heterocycles. The Morgan fingerprint density at radius 2 is 2.11 bits per heavy atom. The summed E-state index contributed by atoms with van der Waals surface area (Å²) in [6.07, 6.45) is 0. The summed E-state index contributed by atoms with van der Waals surface area (Å²) in [4.78, 5) is 13.7. The Balaban J connectivity index is 2.22. The zero-order valence-corrected chi connectivity index (χ0v) is 11.3. The summed E-state index contributed by atoms with van der Waals surface area (Å²) in [5.41, 5.74) is 1.38. The summed E-state index contributed by atoms with van der Waals surface area (Å²) >= 11 is 1.40. The minimum absolute atomic E-state index is 0.0867. The normalized spacial score (nSPS) is 10.0. The molecule has 19 heavy (non-hydrogen) atoms. The second kappa shape index (κ2) is 5.21. The van der Waals surface area contributed by atoms with Crippen LogP contribution in [0.15, 0.2) is 24.3 Å². The van der Waals surface area contributed by atoms with E-state index in [4.69, 9.17) is 5.26 Å². The van der Waals surface area contributed by atoms with Crippen molar-refractivity contribution in [2.75, 3.05) is 5.32 Å². The van der Waals surface area contributed by atoms with Gasteiger partial charge >= 0.3 is 0 Å². The fourth-order valence-electron chi connectivity index (χ4n) is 1.57. The van der Waals surface area contributed by atoms with Gasteiger partial charge in [-0.1, -0.05) is 0 Å². The van der Waals surface area contributed by atoms with E-state index in [9.17, 15) is 9.18 Å². The first kappa shape index (κ1) is 13.2. The molecular weight excluding hydrogens is 263 g/mol. The van der Waals surface area contributed by atoms with Crippen molar-refractivity contribution in [2.24, 2.45) is 0 Å². The number of hydrogen-bond donors (Lipinski definition) is 1. The van der Waals surface area contributed by atoms with Gasteiger partial charge in [0.05, 0.1) is 10.4 Å². The molecule has 2 rings (SSSR count). The van der Waals surface area contributed by atoms with Crippen LogP contribution in [0.1, 0.15) is 25.7 Å². The lowest BCUT2D eigenvalue weighted by Crippen LogP contribution is -2.10. The quantitative estimate of drug-likeness (QED) is 0.909. The first-order valence-corrected chi connectivity index (χ1v) is 6.41. The molecule has 3 nitrogen and oxygen atoms in total. The average molecular weight is 274 g/mol. The van der Waals surface area contributed by atoms with Crippen LogP contribution in [0.3, 0.4) is 0 Å². The lowest BCUT2D eigenvalue weighted by molar-refractivity contribution is 0.103. The Morgan fingerprint density at radius 1 is 1.37 bits per heavy atom. The van der Waals surface area contributed by atoms with Crippen LogP contribution in [0.25, 0.3) is 0 Å². The zero-order valence-electron chi connectivity index (χ0n) is 10.5. The highest BCUT2D eigenvalue weighted by molar-refractivity contribution is 7.14. The van der Waals surface area contributed by atoms with Crippen LogP contribution in [-0.4, -0.2) is 5.91 Å². The van der Waals surface area contributed by atoms with Gasteiger partial charge in [0.15, 0.2) is 0 Å². The Kier molecular flexibility index (Phi) is 3.63. The SMILES string of the molecule is Cc1cc(C(=O)Nc2ccc(F)c(C#N)c2)sc1C. The van der Waals surface area contributed by atoms with Gasteiger partial charge in [-0.3, -0.25) is 4.79 Å². The van der Waals surface area contributed by atoms with Crippen LogP contribution < -0.4 is 5.32 Å². The predicted molar refractivity (Wildman–Crippen MR) is 72.9 cm³/mol. The summed E-state index contributed by atoms with van der Waals surface area (Å²) in [5.74, 6) is -0.847. The van der Waals surface area contributed by atoms with E-state index in [2.05, 4.69) is 5.32 Å². The number of rotatable bonds is 2. The number of benzene rings is 1. The van der Waals surface area contributed by atoms with Crippen molar-refractivity contribution in [1.29, 1.82) is 5.26 Å². The zero-order chi connectivity index (χ0) is 14.0. The smallest absolute Gasteiger partial charge is 0.265 e. The van der Waals surface area contributed by atoms with Gasteiger partial charge in [-0.2, -0.15) is 5.26 Å². The Morgan fingerprint density at radius 3 is 2.68 bits per heavy atom. The number of carbonyl (C=O) groups excluding carboxylic acids is 1. The summed E-state index contributed by atoms with van der Waals surface area (Å²) in [6.45, 7) is 3.89. The molecule has 2 aromatic rings. The van der Waals surface area contributed by atoms with Gasteiger partial charge in [0.25, 0.3) is 5.91 Å². The second-order valence-corrected chi connectivity index (χ2v) is 5.37. The number of halogens is 1. The van der Waals surface area contributed by atoms with Crippen molar-refractivity contribution in [2.45, 2.75) is 13.8 Å². The van der Waals surface area contributed by atoms with Gasteiger partial charge < -0.3 is 5.32 Å².